The second-order valence-corrected chi connectivity index (χ2v) is 10.9. The third-order valence-electron chi connectivity index (χ3n) is 8.59. The van der Waals surface area contributed by atoms with Gasteiger partial charge in [-0.25, -0.2) is 0 Å². The topological polar surface area (TPSA) is 41.6 Å². The molecule has 1 saturated carbocycles. The van der Waals surface area contributed by atoms with Gasteiger partial charge in [0.1, 0.15) is 0 Å². The zero-order valence-electron chi connectivity index (χ0n) is 21.2. The summed E-state index contributed by atoms with van der Waals surface area (Å²) in [5.41, 5.74) is 0.464. The maximum absolute atomic E-state index is 13.9. The molecular weight excluding hydrogens is 453 g/mol. The number of ether oxygens (including phenoxy) is 1. The number of hydrogen-bond donors (Lipinski definition) is 1. The van der Waals surface area contributed by atoms with E-state index >= 15 is 0 Å². The van der Waals surface area contributed by atoms with Gasteiger partial charge in [0, 0.05) is 31.8 Å². The molecule has 0 spiro atoms. The van der Waals surface area contributed by atoms with Crippen molar-refractivity contribution in [3.63, 3.8) is 0 Å². The third kappa shape index (κ3) is 5.61. The number of alkyl halides is 3. The molecule has 0 aromatic heterocycles. The van der Waals surface area contributed by atoms with Crippen molar-refractivity contribution in [1.82, 2.24) is 10.2 Å². The van der Waals surface area contributed by atoms with Crippen molar-refractivity contribution in [1.29, 1.82) is 0 Å². The molecule has 1 amide bonds. The van der Waals surface area contributed by atoms with E-state index < -0.39 is 11.7 Å². The number of halogens is 3. The van der Waals surface area contributed by atoms with E-state index in [0.717, 1.165) is 57.0 Å². The summed E-state index contributed by atoms with van der Waals surface area (Å²) in [7, 11) is 0. The molecule has 1 N–H and O–H groups in total. The predicted octanol–water partition coefficient (Wildman–Crippen LogP) is 5.92. The summed E-state index contributed by atoms with van der Waals surface area (Å²) < 4.78 is 45.1. The van der Waals surface area contributed by atoms with Crippen LogP contribution in [0.25, 0.3) is 5.57 Å². The van der Waals surface area contributed by atoms with Crippen molar-refractivity contribution >= 4 is 11.5 Å². The SMILES string of the molecule is CCC1COCCC1NC1CCC(C(=O)N2CC=C(c3cccc(C(F)(F)F)c3)CC2)(C(C)C)C1. The number of carbonyl (C=O) groups is 1. The molecule has 194 valence electrons. The Labute approximate surface area is 207 Å². The lowest BCUT2D eigenvalue weighted by Crippen LogP contribution is -2.49. The summed E-state index contributed by atoms with van der Waals surface area (Å²) in [4.78, 5) is 15.8. The van der Waals surface area contributed by atoms with Crippen molar-refractivity contribution in [2.75, 3.05) is 26.3 Å². The van der Waals surface area contributed by atoms with Crippen LogP contribution in [0.5, 0.6) is 0 Å². The minimum absolute atomic E-state index is 0.204. The molecule has 1 saturated heterocycles. The molecule has 4 atom stereocenters. The zero-order valence-corrected chi connectivity index (χ0v) is 21.2. The average molecular weight is 493 g/mol. The van der Waals surface area contributed by atoms with E-state index in [1.165, 1.54) is 12.1 Å². The first-order valence-corrected chi connectivity index (χ1v) is 13.1. The van der Waals surface area contributed by atoms with Crippen LogP contribution in [-0.2, 0) is 15.7 Å². The first-order chi connectivity index (χ1) is 16.6. The highest BCUT2D eigenvalue weighted by atomic mass is 19.4. The first-order valence-electron chi connectivity index (χ1n) is 13.1. The van der Waals surface area contributed by atoms with E-state index in [4.69, 9.17) is 4.74 Å². The largest absolute Gasteiger partial charge is 0.416 e. The summed E-state index contributed by atoms with van der Waals surface area (Å²) in [6.45, 7) is 9.12. The van der Waals surface area contributed by atoms with Gasteiger partial charge in [-0.1, -0.05) is 39.0 Å². The zero-order chi connectivity index (χ0) is 25.2. The molecule has 0 bridgehead atoms. The lowest BCUT2D eigenvalue weighted by Gasteiger charge is -2.39. The fraction of sp³-hybridized carbons (Fsp3) is 0.679. The van der Waals surface area contributed by atoms with Gasteiger partial charge in [0.2, 0.25) is 5.91 Å². The summed E-state index contributed by atoms with van der Waals surface area (Å²) in [6.07, 6.45) is 2.98. The van der Waals surface area contributed by atoms with Crippen molar-refractivity contribution in [2.45, 2.75) is 77.6 Å². The standard InChI is InChI=1S/C28H39F3N2O2/c1-4-20-18-35-15-11-25(20)32-24-8-12-27(17-24,19(2)3)26(34)33-13-9-21(10-14-33)22-6-5-7-23(16-22)28(29,30)31/h5-7,9,16,19-20,24-25,32H,4,8,10-15,17-18H2,1-3H3. The van der Waals surface area contributed by atoms with Gasteiger partial charge >= 0.3 is 6.18 Å². The maximum atomic E-state index is 13.9. The Hall–Kier alpha value is -1.86. The highest BCUT2D eigenvalue weighted by Gasteiger charge is 2.49. The lowest BCUT2D eigenvalue weighted by molar-refractivity contribution is -0.144. The molecule has 35 heavy (non-hydrogen) atoms. The summed E-state index contributed by atoms with van der Waals surface area (Å²) >= 11 is 0. The second kappa shape index (κ2) is 10.6. The Morgan fingerprint density at radius 2 is 2.09 bits per heavy atom. The summed E-state index contributed by atoms with van der Waals surface area (Å²) in [5, 5.41) is 3.88. The van der Waals surface area contributed by atoms with E-state index in [9.17, 15) is 18.0 Å². The van der Waals surface area contributed by atoms with Gasteiger partial charge in [0.05, 0.1) is 17.6 Å². The summed E-state index contributed by atoms with van der Waals surface area (Å²) in [6, 6.07) is 6.28. The van der Waals surface area contributed by atoms with Crippen LogP contribution in [-0.4, -0.2) is 49.2 Å². The molecule has 4 rings (SSSR count). The molecule has 4 unspecified atom stereocenters. The monoisotopic (exact) mass is 492 g/mol. The van der Waals surface area contributed by atoms with Crippen LogP contribution in [0.15, 0.2) is 30.3 Å². The third-order valence-corrected chi connectivity index (χ3v) is 8.59. The van der Waals surface area contributed by atoms with Crippen molar-refractivity contribution in [3.8, 4) is 0 Å². The number of amides is 1. The summed E-state index contributed by atoms with van der Waals surface area (Å²) in [5.74, 6) is 0.956. The van der Waals surface area contributed by atoms with Crippen LogP contribution < -0.4 is 5.32 Å². The fourth-order valence-corrected chi connectivity index (χ4v) is 6.23. The van der Waals surface area contributed by atoms with E-state index in [0.29, 0.717) is 43.1 Å². The van der Waals surface area contributed by atoms with Gasteiger partial charge < -0.3 is 15.0 Å². The van der Waals surface area contributed by atoms with Crippen LogP contribution in [0.3, 0.4) is 0 Å². The molecule has 2 aliphatic heterocycles. The average Bonchev–Trinajstić information content (AvgIpc) is 3.29. The van der Waals surface area contributed by atoms with Gasteiger partial charge in [-0.3, -0.25) is 4.79 Å². The van der Waals surface area contributed by atoms with E-state index in [1.54, 1.807) is 6.07 Å². The smallest absolute Gasteiger partial charge is 0.381 e. The fourth-order valence-electron chi connectivity index (χ4n) is 6.23. The Kier molecular flexibility index (Phi) is 7.96. The Morgan fingerprint density at radius 3 is 2.74 bits per heavy atom. The quantitative estimate of drug-likeness (QED) is 0.536. The Morgan fingerprint density at radius 1 is 1.29 bits per heavy atom. The van der Waals surface area contributed by atoms with Gasteiger partial charge in [-0.05, 0) is 73.6 Å². The minimum atomic E-state index is -4.36. The van der Waals surface area contributed by atoms with Crippen LogP contribution >= 0.6 is 0 Å². The predicted molar refractivity (Wildman–Crippen MR) is 132 cm³/mol. The molecule has 2 fully saturated rings. The van der Waals surface area contributed by atoms with E-state index in [-0.39, 0.29) is 17.2 Å². The van der Waals surface area contributed by atoms with Crippen LogP contribution in [0.4, 0.5) is 13.2 Å². The molecule has 1 aromatic rings. The normalized spacial score (nSPS) is 30.0. The molecule has 3 aliphatic rings. The highest BCUT2D eigenvalue weighted by molar-refractivity contribution is 5.84. The maximum Gasteiger partial charge on any atom is 0.416 e. The van der Waals surface area contributed by atoms with Crippen LogP contribution in [0, 0.1) is 17.3 Å². The number of rotatable bonds is 6. The van der Waals surface area contributed by atoms with Gasteiger partial charge in [0.15, 0.2) is 0 Å². The van der Waals surface area contributed by atoms with Gasteiger partial charge in [0.25, 0.3) is 0 Å². The van der Waals surface area contributed by atoms with Crippen molar-refractivity contribution in [3.05, 3.63) is 41.5 Å². The Balaban J connectivity index is 1.43. The van der Waals surface area contributed by atoms with Gasteiger partial charge in [-0.15, -0.1) is 0 Å². The van der Waals surface area contributed by atoms with E-state index in [1.807, 2.05) is 11.0 Å². The van der Waals surface area contributed by atoms with Crippen LogP contribution in [0.2, 0.25) is 0 Å². The van der Waals surface area contributed by atoms with Crippen molar-refractivity contribution in [2.24, 2.45) is 17.3 Å². The number of hydrogen-bond acceptors (Lipinski definition) is 3. The molecule has 0 radical (unpaired) electrons. The van der Waals surface area contributed by atoms with Gasteiger partial charge in [-0.2, -0.15) is 13.2 Å². The molecule has 1 aromatic carbocycles. The molecule has 7 heteroatoms. The highest BCUT2D eigenvalue weighted by Crippen LogP contribution is 2.47. The number of benzene rings is 1. The Bertz CT molecular complexity index is 929. The lowest BCUT2D eigenvalue weighted by atomic mass is 9.74. The first kappa shape index (κ1) is 26.2. The molecule has 4 nitrogen and oxygen atoms in total. The number of nitrogens with zero attached hydrogens (tertiary/aromatic N) is 1. The molecular formula is C28H39F3N2O2. The number of nitrogens with one attached hydrogen (secondary N) is 1. The molecule has 1 aliphatic carbocycles. The number of carbonyl (C=O) groups excluding carboxylic acids is 1. The minimum Gasteiger partial charge on any atom is -0.381 e. The van der Waals surface area contributed by atoms with Crippen LogP contribution in [0.1, 0.15) is 70.4 Å². The molecule has 2 heterocycles. The van der Waals surface area contributed by atoms with E-state index in [2.05, 4.69) is 26.1 Å². The van der Waals surface area contributed by atoms with Crippen molar-refractivity contribution < 1.29 is 22.7 Å². The second-order valence-electron chi connectivity index (χ2n) is 10.9.